The topological polar surface area (TPSA) is 12.5 Å². The van der Waals surface area contributed by atoms with Gasteiger partial charge in [0.05, 0.1) is 1.37 Å². The minimum absolute atomic E-state index is 0.437. The van der Waals surface area contributed by atoms with Gasteiger partial charge in [0.25, 0.3) is 0 Å². The lowest BCUT2D eigenvalue weighted by Crippen LogP contribution is -2.21. The van der Waals surface area contributed by atoms with Crippen LogP contribution in [0.5, 0.6) is 11.5 Å². The van der Waals surface area contributed by atoms with Gasteiger partial charge in [-0.05, 0) is 67.6 Å². The summed E-state index contributed by atoms with van der Waals surface area (Å²) in [5, 5.41) is 0. The first-order chi connectivity index (χ1) is 10.0. The third-order valence-corrected chi connectivity index (χ3v) is 3.75. The molecule has 0 unspecified atom stereocenters. The monoisotopic (exact) mass is 382 g/mol. The first kappa shape index (κ1) is 13.7. The smallest absolute Gasteiger partial charge is 0.130 e. The molecule has 2 aromatic rings. The van der Waals surface area contributed by atoms with Gasteiger partial charge in [0.2, 0.25) is 0 Å². The van der Waals surface area contributed by atoms with E-state index in [4.69, 9.17) is 6.11 Å². The van der Waals surface area contributed by atoms with Gasteiger partial charge in [-0.25, -0.2) is 0 Å². The Kier molecular flexibility index (Phi) is 4.79. The number of anilines is 1. The largest absolute Gasteiger partial charge is 0.457 e. The predicted octanol–water partition coefficient (Wildman–Crippen LogP) is 5.24. The van der Waals surface area contributed by atoms with Gasteiger partial charge in [-0.2, -0.15) is 0 Å². The van der Waals surface area contributed by atoms with E-state index in [2.05, 4.69) is 41.3 Å². The predicted molar refractivity (Wildman–Crippen MR) is 94.0 cm³/mol. The standard InChI is InChI=1S/C17H20INO/c1-4-19(5-2)15-10-14(18)11-17(12-15)20-16-8-6-13(3)7-9-16/h6-12H,4-5H2,1-3H3/i11D. The molecule has 0 bridgehead atoms. The van der Waals surface area contributed by atoms with E-state index in [0.717, 1.165) is 28.1 Å². The fraction of sp³-hybridized carbons (Fsp3) is 0.294. The number of benzene rings is 2. The maximum absolute atomic E-state index is 8.19. The molecule has 106 valence electrons. The van der Waals surface area contributed by atoms with E-state index in [0.29, 0.717) is 11.8 Å². The molecule has 0 aliphatic heterocycles. The molecule has 0 spiro atoms. The van der Waals surface area contributed by atoms with Crippen LogP contribution in [0.15, 0.2) is 42.4 Å². The third-order valence-electron chi connectivity index (χ3n) is 3.17. The highest BCUT2D eigenvalue weighted by atomic mass is 127. The Bertz CT molecular complexity index is 609. The lowest BCUT2D eigenvalue weighted by Gasteiger charge is -2.22. The summed E-state index contributed by atoms with van der Waals surface area (Å²) in [4.78, 5) is 2.25. The molecular formula is C17H20INO. The van der Waals surface area contributed by atoms with Crippen molar-refractivity contribution in [3.8, 4) is 11.5 Å². The minimum atomic E-state index is 0.437. The van der Waals surface area contributed by atoms with Gasteiger partial charge in [-0.15, -0.1) is 0 Å². The molecule has 0 radical (unpaired) electrons. The number of hydrogen-bond donors (Lipinski definition) is 0. The summed E-state index contributed by atoms with van der Waals surface area (Å²) in [7, 11) is 0. The number of hydrogen-bond acceptors (Lipinski definition) is 2. The van der Waals surface area contributed by atoms with Gasteiger partial charge in [0.1, 0.15) is 11.5 Å². The molecule has 0 aliphatic carbocycles. The Morgan fingerprint density at radius 1 is 1.10 bits per heavy atom. The summed E-state index contributed by atoms with van der Waals surface area (Å²) in [6.45, 7) is 8.18. The van der Waals surface area contributed by atoms with E-state index < -0.39 is 0 Å². The van der Waals surface area contributed by atoms with E-state index in [9.17, 15) is 0 Å². The number of nitrogens with zero attached hydrogens (tertiary/aromatic N) is 1. The van der Waals surface area contributed by atoms with Crippen molar-refractivity contribution in [3.63, 3.8) is 0 Å². The first-order valence-electron chi connectivity index (χ1n) is 7.34. The van der Waals surface area contributed by atoms with Gasteiger partial charge in [-0.3, -0.25) is 0 Å². The Morgan fingerprint density at radius 2 is 1.75 bits per heavy atom. The third kappa shape index (κ3) is 3.88. The van der Waals surface area contributed by atoms with Crippen molar-refractivity contribution in [2.75, 3.05) is 18.0 Å². The van der Waals surface area contributed by atoms with Crippen LogP contribution in [-0.4, -0.2) is 13.1 Å². The number of halogens is 1. The van der Waals surface area contributed by atoms with Gasteiger partial charge < -0.3 is 9.64 Å². The van der Waals surface area contributed by atoms with Crippen LogP contribution in [0.3, 0.4) is 0 Å². The second-order valence-electron chi connectivity index (χ2n) is 4.64. The molecule has 0 saturated carbocycles. The fourth-order valence-corrected chi connectivity index (χ4v) is 2.64. The lowest BCUT2D eigenvalue weighted by atomic mass is 10.2. The van der Waals surface area contributed by atoms with E-state index >= 15 is 0 Å². The molecule has 3 heteroatoms. The molecule has 0 heterocycles. The van der Waals surface area contributed by atoms with Crippen molar-refractivity contribution < 1.29 is 6.11 Å². The number of ether oxygens (including phenoxy) is 1. The van der Waals surface area contributed by atoms with E-state index in [-0.39, 0.29) is 0 Å². The summed E-state index contributed by atoms with van der Waals surface area (Å²) in [5.41, 5.74) is 2.29. The van der Waals surface area contributed by atoms with Crippen molar-refractivity contribution in [2.24, 2.45) is 0 Å². The highest BCUT2D eigenvalue weighted by Crippen LogP contribution is 2.29. The van der Waals surface area contributed by atoms with Gasteiger partial charge in [0, 0.05) is 28.4 Å². The lowest BCUT2D eigenvalue weighted by molar-refractivity contribution is 0.482. The Hall–Kier alpha value is -1.23. The van der Waals surface area contributed by atoms with Crippen LogP contribution in [-0.2, 0) is 0 Å². The molecular weight excluding hydrogens is 361 g/mol. The van der Waals surface area contributed by atoms with Crippen LogP contribution in [0.2, 0.25) is 0 Å². The molecule has 20 heavy (non-hydrogen) atoms. The zero-order valence-corrected chi connectivity index (χ0v) is 14.3. The van der Waals surface area contributed by atoms with E-state index in [1.807, 2.05) is 43.3 Å². The summed E-state index contributed by atoms with van der Waals surface area (Å²) >= 11 is 2.20. The van der Waals surface area contributed by atoms with Crippen LogP contribution in [0.1, 0.15) is 20.8 Å². The zero-order chi connectivity index (χ0) is 15.4. The molecule has 0 amide bonds. The molecule has 0 saturated heterocycles. The molecule has 0 atom stereocenters. The molecule has 2 aromatic carbocycles. The SMILES string of the molecule is [2H]c1c(I)cc(N(CC)CC)cc1Oc1ccc(C)cc1. The Balaban J connectivity index is 2.35. The zero-order valence-electron chi connectivity index (χ0n) is 13.1. The van der Waals surface area contributed by atoms with Crippen LogP contribution in [0, 0.1) is 10.5 Å². The Morgan fingerprint density at radius 3 is 2.35 bits per heavy atom. The van der Waals surface area contributed by atoms with Crippen LogP contribution in [0.4, 0.5) is 5.69 Å². The number of aryl methyl sites for hydroxylation is 1. The van der Waals surface area contributed by atoms with Crippen LogP contribution in [0.25, 0.3) is 0 Å². The molecule has 0 aliphatic rings. The summed E-state index contributed by atoms with van der Waals surface area (Å²) in [6.07, 6.45) is 0. The second kappa shape index (κ2) is 6.97. The van der Waals surface area contributed by atoms with Crippen LogP contribution >= 0.6 is 22.6 Å². The van der Waals surface area contributed by atoms with Crippen molar-refractivity contribution in [2.45, 2.75) is 20.8 Å². The highest BCUT2D eigenvalue weighted by molar-refractivity contribution is 14.1. The van der Waals surface area contributed by atoms with Gasteiger partial charge in [0.15, 0.2) is 0 Å². The fourth-order valence-electron chi connectivity index (χ4n) is 2.06. The van der Waals surface area contributed by atoms with Crippen LogP contribution < -0.4 is 9.64 Å². The second-order valence-corrected chi connectivity index (χ2v) is 5.80. The van der Waals surface area contributed by atoms with Crippen molar-refractivity contribution in [1.82, 2.24) is 0 Å². The first-order valence-corrected chi connectivity index (χ1v) is 7.92. The highest BCUT2D eigenvalue weighted by Gasteiger charge is 2.06. The Labute approximate surface area is 136 Å². The average Bonchev–Trinajstić information content (AvgIpc) is 2.47. The van der Waals surface area contributed by atoms with Crippen molar-refractivity contribution in [3.05, 3.63) is 51.6 Å². The van der Waals surface area contributed by atoms with Gasteiger partial charge >= 0.3 is 0 Å². The van der Waals surface area contributed by atoms with E-state index in [1.165, 1.54) is 5.56 Å². The maximum Gasteiger partial charge on any atom is 0.130 e. The summed E-state index contributed by atoms with van der Waals surface area (Å²) in [5.74, 6) is 1.37. The summed E-state index contributed by atoms with van der Waals surface area (Å²) in [6, 6.07) is 12.3. The minimum Gasteiger partial charge on any atom is -0.457 e. The van der Waals surface area contributed by atoms with E-state index in [1.54, 1.807) is 0 Å². The average molecular weight is 382 g/mol. The molecule has 2 nitrogen and oxygen atoms in total. The van der Waals surface area contributed by atoms with Gasteiger partial charge in [-0.1, -0.05) is 17.7 Å². The molecule has 0 aromatic heterocycles. The molecule has 0 fully saturated rings. The normalized spacial score (nSPS) is 11.1. The van der Waals surface area contributed by atoms with Crippen molar-refractivity contribution >= 4 is 28.3 Å². The summed E-state index contributed by atoms with van der Waals surface area (Å²) < 4.78 is 15.0. The molecule has 0 N–H and O–H groups in total. The number of rotatable bonds is 5. The molecule has 2 rings (SSSR count). The quantitative estimate of drug-likeness (QED) is 0.656. The maximum atomic E-state index is 8.19. The van der Waals surface area contributed by atoms with Crippen molar-refractivity contribution in [1.29, 1.82) is 0 Å².